The van der Waals surface area contributed by atoms with Crippen LogP contribution in [0.5, 0.6) is 0 Å². The molecule has 1 rings (SSSR count). The fourth-order valence-electron chi connectivity index (χ4n) is 1.69. The third-order valence-corrected chi connectivity index (χ3v) is 2.54. The van der Waals surface area contributed by atoms with Crippen LogP contribution >= 0.6 is 0 Å². The van der Waals surface area contributed by atoms with E-state index in [-0.39, 0.29) is 6.10 Å². The predicted octanol–water partition coefficient (Wildman–Crippen LogP) is -0.232. The highest BCUT2D eigenvalue weighted by Gasteiger charge is 2.44. The van der Waals surface area contributed by atoms with Crippen molar-refractivity contribution in [3.05, 3.63) is 0 Å². The average Bonchev–Trinajstić information content (AvgIpc) is 2.20. The molecule has 5 atom stereocenters. The molecule has 5 nitrogen and oxygen atoms in total. The lowest BCUT2D eigenvalue weighted by Gasteiger charge is -2.41. The second-order valence-corrected chi connectivity index (χ2v) is 3.34. The molecule has 5 heteroatoms. The Kier molecular flexibility index (Phi) is 4.28. The van der Waals surface area contributed by atoms with Gasteiger partial charge in [0, 0.05) is 21.3 Å². The molecule has 0 aliphatic carbocycles. The van der Waals surface area contributed by atoms with Crippen LogP contribution in [0.4, 0.5) is 0 Å². The Morgan fingerprint density at radius 1 is 1.00 bits per heavy atom. The molecule has 1 saturated heterocycles. The fraction of sp³-hybridized carbons (Fsp3) is 1.00. The first-order chi connectivity index (χ1) is 6.65. The molecule has 0 amide bonds. The van der Waals surface area contributed by atoms with Crippen LogP contribution in [0.1, 0.15) is 6.92 Å². The second-order valence-electron chi connectivity index (χ2n) is 3.34. The highest BCUT2D eigenvalue weighted by molar-refractivity contribution is 4.89. The molecular formula is C9H18O5. The monoisotopic (exact) mass is 206 g/mol. The van der Waals surface area contributed by atoms with Gasteiger partial charge in [0.15, 0.2) is 6.29 Å². The number of hydrogen-bond donors (Lipinski definition) is 1. The molecule has 1 aliphatic heterocycles. The predicted molar refractivity (Wildman–Crippen MR) is 48.9 cm³/mol. The summed E-state index contributed by atoms with van der Waals surface area (Å²) in [6.45, 7) is 1.77. The van der Waals surface area contributed by atoms with Crippen molar-refractivity contribution in [1.29, 1.82) is 0 Å². The molecular weight excluding hydrogens is 188 g/mol. The number of methoxy groups -OCH3 is 3. The number of ether oxygens (including phenoxy) is 4. The molecule has 0 unspecified atom stereocenters. The topological polar surface area (TPSA) is 57.2 Å². The van der Waals surface area contributed by atoms with E-state index >= 15 is 0 Å². The zero-order valence-electron chi connectivity index (χ0n) is 8.97. The minimum absolute atomic E-state index is 0.323. The van der Waals surface area contributed by atoms with E-state index in [9.17, 15) is 5.11 Å². The molecule has 0 saturated carbocycles. The number of aliphatic hydroxyl groups is 1. The molecule has 14 heavy (non-hydrogen) atoms. The molecule has 1 aliphatic rings. The lowest BCUT2D eigenvalue weighted by molar-refractivity contribution is -0.295. The van der Waals surface area contributed by atoms with Gasteiger partial charge in [-0.2, -0.15) is 0 Å². The highest BCUT2D eigenvalue weighted by Crippen LogP contribution is 2.25. The first kappa shape index (κ1) is 11.9. The van der Waals surface area contributed by atoms with Crippen LogP contribution in [-0.2, 0) is 18.9 Å². The van der Waals surface area contributed by atoms with Crippen LogP contribution < -0.4 is 0 Å². The van der Waals surface area contributed by atoms with Gasteiger partial charge in [-0.1, -0.05) is 0 Å². The molecule has 0 aromatic carbocycles. The molecule has 0 spiro atoms. The molecule has 84 valence electrons. The standard InChI is InChI=1S/C9H18O5/c1-5-6(10)7(11-2)8(12-3)9(13-4)14-5/h5-10H,1-4H3/t5-,6+,7+,8-,9-/m0/s1. The summed E-state index contributed by atoms with van der Waals surface area (Å²) in [5.41, 5.74) is 0. The quantitative estimate of drug-likeness (QED) is 0.691. The summed E-state index contributed by atoms with van der Waals surface area (Å²) in [4.78, 5) is 0. The summed E-state index contributed by atoms with van der Waals surface area (Å²) in [7, 11) is 4.60. The minimum atomic E-state index is -0.698. The Hall–Kier alpha value is -0.200. The van der Waals surface area contributed by atoms with Crippen molar-refractivity contribution in [2.45, 2.75) is 37.6 Å². The molecule has 1 heterocycles. The first-order valence-electron chi connectivity index (χ1n) is 4.57. The number of aliphatic hydroxyl groups excluding tert-OH is 1. The summed E-state index contributed by atoms with van der Waals surface area (Å²) in [5, 5.41) is 9.77. The van der Waals surface area contributed by atoms with Crippen molar-refractivity contribution in [1.82, 2.24) is 0 Å². The second kappa shape index (κ2) is 5.04. The summed E-state index contributed by atoms with van der Waals surface area (Å²) in [5.74, 6) is 0. The van der Waals surface area contributed by atoms with E-state index in [1.165, 1.54) is 21.3 Å². The lowest BCUT2D eigenvalue weighted by atomic mass is 9.99. The van der Waals surface area contributed by atoms with E-state index in [4.69, 9.17) is 18.9 Å². The Morgan fingerprint density at radius 3 is 2.00 bits per heavy atom. The van der Waals surface area contributed by atoms with Crippen LogP contribution in [0.3, 0.4) is 0 Å². The van der Waals surface area contributed by atoms with Crippen LogP contribution in [0, 0.1) is 0 Å². The molecule has 0 radical (unpaired) electrons. The van der Waals surface area contributed by atoms with Gasteiger partial charge in [0.2, 0.25) is 0 Å². The van der Waals surface area contributed by atoms with Crippen LogP contribution in [0.15, 0.2) is 0 Å². The maximum Gasteiger partial charge on any atom is 0.186 e. The van der Waals surface area contributed by atoms with Crippen molar-refractivity contribution in [3.63, 3.8) is 0 Å². The van der Waals surface area contributed by atoms with Gasteiger partial charge in [-0.3, -0.25) is 0 Å². The van der Waals surface area contributed by atoms with Gasteiger partial charge in [0.05, 0.1) is 6.10 Å². The maximum atomic E-state index is 9.77. The van der Waals surface area contributed by atoms with Crippen LogP contribution in [0.25, 0.3) is 0 Å². The van der Waals surface area contributed by atoms with E-state index in [1.54, 1.807) is 6.92 Å². The largest absolute Gasteiger partial charge is 0.388 e. The third-order valence-electron chi connectivity index (χ3n) is 2.54. The smallest absolute Gasteiger partial charge is 0.186 e. The first-order valence-corrected chi connectivity index (χ1v) is 4.57. The van der Waals surface area contributed by atoms with Gasteiger partial charge >= 0.3 is 0 Å². The zero-order chi connectivity index (χ0) is 10.7. The van der Waals surface area contributed by atoms with Gasteiger partial charge in [-0.15, -0.1) is 0 Å². The number of rotatable bonds is 3. The Labute approximate surface area is 83.9 Å². The molecule has 1 fully saturated rings. The van der Waals surface area contributed by atoms with Gasteiger partial charge in [-0.25, -0.2) is 0 Å². The summed E-state index contributed by atoms with van der Waals surface area (Å²) in [6, 6.07) is 0. The molecule has 0 aromatic heterocycles. The van der Waals surface area contributed by atoms with Crippen LogP contribution in [0.2, 0.25) is 0 Å². The third kappa shape index (κ3) is 2.07. The Morgan fingerprint density at radius 2 is 1.57 bits per heavy atom. The van der Waals surface area contributed by atoms with Crippen molar-refractivity contribution in [2.75, 3.05) is 21.3 Å². The van der Waals surface area contributed by atoms with Crippen LogP contribution in [-0.4, -0.2) is 57.1 Å². The lowest BCUT2D eigenvalue weighted by Crippen LogP contribution is -2.58. The normalized spacial score (nSPS) is 43.9. The van der Waals surface area contributed by atoms with Crippen molar-refractivity contribution < 1.29 is 24.1 Å². The number of hydrogen-bond acceptors (Lipinski definition) is 5. The molecule has 1 N–H and O–H groups in total. The van der Waals surface area contributed by atoms with Gasteiger partial charge in [0.25, 0.3) is 0 Å². The van der Waals surface area contributed by atoms with Crippen molar-refractivity contribution in [3.8, 4) is 0 Å². The average molecular weight is 206 g/mol. The zero-order valence-corrected chi connectivity index (χ0v) is 8.97. The van der Waals surface area contributed by atoms with E-state index < -0.39 is 24.6 Å². The van der Waals surface area contributed by atoms with Gasteiger partial charge in [0.1, 0.15) is 18.3 Å². The highest BCUT2D eigenvalue weighted by atomic mass is 16.7. The van der Waals surface area contributed by atoms with E-state index in [0.717, 1.165) is 0 Å². The van der Waals surface area contributed by atoms with Gasteiger partial charge in [-0.05, 0) is 6.92 Å². The van der Waals surface area contributed by atoms with E-state index in [2.05, 4.69) is 0 Å². The fourth-order valence-corrected chi connectivity index (χ4v) is 1.69. The molecule has 0 aromatic rings. The molecule has 0 bridgehead atoms. The summed E-state index contributed by atoms with van der Waals surface area (Å²) < 4.78 is 20.9. The minimum Gasteiger partial charge on any atom is -0.388 e. The SMILES string of the molecule is CO[C@H]1O[C@@H](C)[C@@H](O)[C@@H](OC)[C@@H]1OC. The Balaban J connectivity index is 2.75. The van der Waals surface area contributed by atoms with Gasteiger partial charge < -0.3 is 24.1 Å². The van der Waals surface area contributed by atoms with E-state index in [1.807, 2.05) is 0 Å². The summed E-state index contributed by atoms with van der Waals surface area (Å²) >= 11 is 0. The van der Waals surface area contributed by atoms with E-state index in [0.29, 0.717) is 0 Å². The maximum absolute atomic E-state index is 9.77. The Bertz CT molecular complexity index is 171. The van der Waals surface area contributed by atoms with Crippen molar-refractivity contribution >= 4 is 0 Å². The van der Waals surface area contributed by atoms with Crippen molar-refractivity contribution in [2.24, 2.45) is 0 Å². The summed E-state index contributed by atoms with van der Waals surface area (Å²) in [6.07, 6.45) is -2.35.